The first-order chi connectivity index (χ1) is 10.6. The predicted octanol–water partition coefficient (Wildman–Crippen LogP) is 2.06. The van der Waals surface area contributed by atoms with Crippen LogP contribution >= 0.6 is 23.4 Å². The number of alkyl halides is 3. The van der Waals surface area contributed by atoms with E-state index in [1.165, 1.54) is 13.1 Å². The van der Waals surface area contributed by atoms with E-state index in [4.69, 9.17) is 11.6 Å². The Hall–Kier alpha value is -1.74. The van der Waals surface area contributed by atoms with Crippen LogP contribution < -0.4 is 5.11 Å². The van der Waals surface area contributed by atoms with Gasteiger partial charge in [-0.05, 0) is 18.2 Å². The van der Waals surface area contributed by atoms with E-state index in [0.29, 0.717) is 0 Å². The number of carboxylic acid groups (broad SMARTS) is 1. The van der Waals surface area contributed by atoms with Gasteiger partial charge in [-0.2, -0.15) is 13.2 Å². The largest absolute Gasteiger partial charge is 0.549 e. The molecule has 1 aliphatic rings. The molecule has 0 bridgehead atoms. The zero-order valence-corrected chi connectivity index (χ0v) is 13.1. The highest BCUT2D eigenvalue weighted by Crippen LogP contribution is 2.37. The summed E-state index contributed by atoms with van der Waals surface area (Å²) in [6.45, 7) is 0. The highest BCUT2D eigenvalue weighted by Gasteiger charge is 2.34. The molecule has 0 N–H and O–H groups in total. The van der Waals surface area contributed by atoms with Gasteiger partial charge in [-0.3, -0.25) is 9.69 Å². The van der Waals surface area contributed by atoms with Crippen molar-refractivity contribution in [3.63, 3.8) is 0 Å². The molecule has 10 heteroatoms. The topological polar surface area (TPSA) is 72.8 Å². The molecule has 0 radical (unpaired) electrons. The Morgan fingerprint density at radius 2 is 2.13 bits per heavy atom. The minimum Gasteiger partial charge on any atom is -0.549 e. The number of carbonyl (C=O) groups excluding carboxylic acids is 2. The molecular weight excluding hydrogens is 357 g/mol. The molecule has 1 aromatic carbocycles. The van der Waals surface area contributed by atoms with Crippen molar-refractivity contribution in [3.8, 4) is 0 Å². The number of nitrogens with zero attached hydrogens (tertiary/aromatic N) is 2. The van der Waals surface area contributed by atoms with Crippen LogP contribution in [-0.4, -0.2) is 34.2 Å². The zero-order valence-electron chi connectivity index (χ0n) is 11.6. The van der Waals surface area contributed by atoms with E-state index in [2.05, 4.69) is 4.99 Å². The van der Waals surface area contributed by atoms with E-state index in [1.807, 2.05) is 0 Å². The molecule has 2 rings (SSSR count). The molecule has 124 valence electrons. The van der Waals surface area contributed by atoms with E-state index in [1.54, 1.807) is 0 Å². The number of halogens is 4. The molecule has 1 aromatic rings. The standard InChI is InChI=1S/C13H10ClF3N2O3S/c1-19-10(20)5-9(11(21)22)23-12(19)18-6-2-3-8(14)7(4-6)13(15,16)17/h2-4,9H,5H2,1H3,(H,21,22)/p-1/t9-/m1/s1. The third-order valence-corrected chi connectivity index (χ3v) is 4.56. The summed E-state index contributed by atoms with van der Waals surface area (Å²) in [7, 11) is 1.36. The number of carboxylic acids is 1. The molecule has 1 aliphatic heterocycles. The number of thioether (sulfide) groups is 1. The Bertz CT molecular complexity index is 694. The lowest BCUT2D eigenvalue weighted by Crippen LogP contribution is -2.45. The van der Waals surface area contributed by atoms with Crippen LogP contribution in [0.4, 0.5) is 18.9 Å². The maximum atomic E-state index is 12.8. The SMILES string of the molecule is CN1C(=O)C[C@H](C(=O)[O-])SC1=Nc1ccc(Cl)c(C(F)(F)F)c1. The van der Waals surface area contributed by atoms with Crippen molar-refractivity contribution in [1.82, 2.24) is 4.90 Å². The van der Waals surface area contributed by atoms with Gasteiger partial charge in [0.2, 0.25) is 5.91 Å². The fourth-order valence-electron chi connectivity index (χ4n) is 1.79. The van der Waals surface area contributed by atoms with Crippen LogP contribution in [0.3, 0.4) is 0 Å². The molecular formula is C13H9ClF3N2O3S-. The minimum atomic E-state index is -4.65. The van der Waals surface area contributed by atoms with Gasteiger partial charge in [-0.1, -0.05) is 23.4 Å². The Labute approximate surface area is 138 Å². The van der Waals surface area contributed by atoms with Crippen LogP contribution in [0, 0.1) is 0 Å². The molecule has 0 unspecified atom stereocenters. The summed E-state index contributed by atoms with van der Waals surface area (Å²) in [4.78, 5) is 27.7. The van der Waals surface area contributed by atoms with Crippen LogP contribution in [0.5, 0.6) is 0 Å². The van der Waals surface area contributed by atoms with Crippen molar-refractivity contribution in [2.24, 2.45) is 4.99 Å². The number of carbonyl (C=O) groups is 2. The lowest BCUT2D eigenvalue weighted by atomic mass is 10.2. The van der Waals surface area contributed by atoms with Gasteiger partial charge >= 0.3 is 6.18 Å². The minimum absolute atomic E-state index is 0.0223. The second kappa shape index (κ2) is 6.40. The van der Waals surface area contributed by atoms with E-state index >= 15 is 0 Å². The van der Waals surface area contributed by atoms with E-state index in [9.17, 15) is 27.9 Å². The lowest BCUT2D eigenvalue weighted by molar-refractivity contribution is -0.304. The molecule has 0 spiro atoms. The van der Waals surface area contributed by atoms with Crippen molar-refractivity contribution in [1.29, 1.82) is 0 Å². The first kappa shape index (κ1) is 17.6. The second-order valence-corrected chi connectivity index (χ2v) is 6.22. The summed E-state index contributed by atoms with van der Waals surface area (Å²) in [5, 5.41) is 9.28. The van der Waals surface area contributed by atoms with E-state index < -0.39 is 33.9 Å². The number of hydrogen-bond donors (Lipinski definition) is 0. The van der Waals surface area contributed by atoms with Gasteiger partial charge in [0.25, 0.3) is 0 Å². The average molecular weight is 366 g/mol. The number of hydrogen-bond acceptors (Lipinski definition) is 5. The first-order valence-corrected chi connectivity index (χ1v) is 7.45. The number of aliphatic imine (C=N–C) groups is 1. The fourth-order valence-corrected chi connectivity index (χ4v) is 3.01. The van der Waals surface area contributed by atoms with Crippen LogP contribution in [0.2, 0.25) is 5.02 Å². The molecule has 1 atom stereocenters. The second-order valence-electron chi connectivity index (χ2n) is 4.64. The van der Waals surface area contributed by atoms with Gasteiger partial charge in [0.05, 0.1) is 27.5 Å². The predicted molar refractivity (Wildman–Crippen MR) is 77.3 cm³/mol. The first-order valence-electron chi connectivity index (χ1n) is 6.19. The molecule has 0 aromatic heterocycles. The molecule has 5 nitrogen and oxygen atoms in total. The highest BCUT2D eigenvalue weighted by atomic mass is 35.5. The summed E-state index contributed by atoms with van der Waals surface area (Å²) in [6.07, 6.45) is -4.92. The van der Waals surface area contributed by atoms with E-state index in [0.717, 1.165) is 28.8 Å². The third kappa shape index (κ3) is 3.97. The van der Waals surface area contributed by atoms with Crippen LogP contribution in [0.25, 0.3) is 0 Å². The summed E-state index contributed by atoms with van der Waals surface area (Å²) >= 11 is 6.26. The van der Waals surface area contributed by atoms with Gasteiger partial charge in [-0.25, -0.2) is 4.99 Å². The lowest BCUT2D eigenvalue weighted by Gasteiger charge is -2.29. The molecule has 0 saturated carbocycles. The maximum absolute atomic E-state index is 12.8. The molecule has 1 fully saturated rings. The summed E-state index contributed by atoms with van der Waals surface area (Å²) in [6, 6.07) is 3.01. The van der Waals surface area contributed by atoms with Crippen molar-refractivity contribution in [2.45, 2.75) is 17.8 Å². The van der Waals surface area contributed by atoms with Crippen molar-refractivity contribution in [3.05, 3.63) is 28.8 Å². The fraction of sp³-hybridized carbons (Fsp3) is 0.308. The monoisotopic (exact) mass is 365 g/mol. The van der Waals surface area contributed by atoms with Gasteiger partial charge in [-0.15, -0.1) is 0 Å². The molecule has 1 amide bonds. The van der Waals surface area contributed by atoms with Gasteiger partial charge in [0, 0.05) is 13.5 Å². The molecule has 1 heterocycles. The Balaban J connectivity index is 2.40. The van der Waals surface area contributed by atoms with Gasteiger partial charge < -0.3 is 9.90 Å². The van der Waals surface area contributed by atoms with Crippen LogP contribution in [0.1, 0.15) is 12.0 Å². The Morgan fingerprint density at radius 1 is 1.48 bits per heavy atom. The maximum Gasteiger partial charge on any atom is 0.417 e. The van der Waals surface area contributed by atoms with Gasteiger partial charge in [0.1, 0.15) is 0 Å². The summed E-state index contributed by atoms with van der Waals surface area (Å²) in [5.41, 5.74) is -1.16. The summed E-state index contributed by atoms with van der Waals surface area (Å²) in [5.74, 6) is -1.95. The van der Waals surface area contributed by atoms with Crippen molar-refractivity contribution in [2.75, 3.05) is 7.05 Å². The highest BCUT2D eigenvalue weighted by molar-refractivity contribution is 8.15. The number of amides is 1. The van der Waals surface area contributed by atoms with Gasteiger partial charge in [0.15, 0.2) is 5.17 Å². The Morgan fingerprint density at radius 3 is 2.70 bits per heavy atom. The Kier molecular flexibility index (Phi) is 4.90. The number of aliphatic carboxylic acids is 1. The number of rotatable bonds is 2. The van der Waals surface area contributed by atoms with Crippen molar-refractivity contribution >= 4 is 46.1 Å². The smallest absolute Gasteiger partial charge is 0.417 e. The normalized spacial score (nSPS) is 20.9. The average Bonchev–Trinajstić information content (AvgIpc) is 2.44. The van der Waals surface area contributed by atoms with Crippen LogP contribution in [0.15, 0.2) is 23.2 Å². The number of amidine groups is 1. The van der Waals surface area contributed by atoms with Crippen LogP contribution in [-0.2, 0) is 15.8 Å². The quantitative estimate of drug-likeness (QED) is 0.804. The number of benzene rings is 1. The van der Waals surface area contributed by atoms with E-state index in [-0.39, 0.29) is 17.3 Å². The molecule has 0 aliphatic carbocycles. The molecule has 1 saturated heterocycles. The summed E-state index contributed by atoms with van der Waals surface area (Å²) < 4.78 is 38.5. The third-order valence-electron chi connectivity index (χ3n) is 3.01. The van der Waals surface area contributed by atoms with Crippen molar-refractivity contribution < 1.29 is 27.9 Å². The zero-order chi connectivity index (χ0) is 17.4. The molecule has 23 heavy (non-hydrogen) atoms.